The van der Waals surface area contributed by atoms with E-state index in [1.165, 1.54) is 3.98 Å². The van der Waals surface area contributed by atoms with Crippen molar-refractivity contribution in [2.45, 2.75) is 3.98 Å². The fourth-order valence-corrected chi connectivity index (χ4v) is 0. The molecule has 2 heteroatoms. The SMILES string of the molecule is NC[CH2][PbH]. The predicted octanol–water partition coefficient (Wildman–Crippen LogP) is -0.736. The predicted molar refractivity (Wildman–Crippen MR) is 21.0 cm³/mol. The molecule has 0 atom stereocenters. The number of hydrogen-bond donors (Lipinski definition) is 1. The van der Waals surface area contributed by atoms with Gasteiger partial charge in [0.05, 0.1) is 0 Å². The number of hydrogen-bond acceptors (Lipinski definition) is 1. The summed E-state index contributed by atoms with van der Waals surface area (Å²) in [5, 5.41) is 0. The Labute approximate surface area is 42.3 Å². The second-order valence-electron chi connectivity index (χ2n) is 0.577. The van der Waals surface area contributed by atoms with Gasteiger partial charge in [0, 0.05) is 0 Å². The zero-order valence-electron chi connectivity index (χ0n) is 2.57. The molecule has 0 aromatic heterocycles. The van der Waals surface area contributed by atoms with Crippen LogP contribution >= 0.6 is 0 Å². The van der Waals surface area contributed by atoms with Crippen LogP contribution in [-0.4, -0.2) is 32.3 Å². The molecule has 0 amide bonds. The topological polar surface area (TPSA) is 26.0 Å². The fraction of sp³-hybridized carbons (Fsp3) is 1.00. The van der Waals surface area contributed by atoms with Gasteiger partial charge in [0.2, 0.25) is 0 Å². The van der Waals surface area contributed by atoms with Crippen LogP contribution in [0.1, 0.15) is 0 Å². The molecule has 0 saturated carbocycles. The molecule has 0 bridgehead atoms. The molecule has 1 nitrogen and oxygen atoms in total. The van der Waals surface area contributed by atoms with Crippen molar-refractivity contribution in [1.82, 2.24) is 0 Å². The van der Waals surface area contributed by atoms with Gasteiger partial charge in [0.1, 0.15) is 0 Å². The summed E-state index contributed by atoms with van der Waals surface area (Å²) in [6.45, 7) is 0.894. The average molecular weight is 252 g/mol. The van der Waals surface area contributed by atoms with Gasteiger partial charge in [-0.25, -0.2) is 0 Å². The van der Waals surface area contributed by atoms with Gasteiger partial charge in [-0.2, -0.15) is 0 Å². The van der Waals surface area contributed by atoms with E-state index in [0.717, 1.165) is 32.3 Å². The Morgan fingerprint density at radius 2 is 2.00 bits per heavy atom. The van der Waals surface area contributed by atoms with E-state index in [1.54, 1.807) is 0 Å². The summed E-state index contributed by atoms with van der Waals surface area (Å²) in [5.74, 6) is 0. The summed E-state index contributed by atoms with van der Waals surface area (Å²) in [5.41, 5.74) is 5.07. The molecule has 4 heavy (non-hydrogen) atoms. The van der Waals surface area contributed by atoms with E-state index in [1.807, 2.05) is 0 Å². The standard InChI is InChI=1S/C2H6N.Pb.H/c1-2-3;;/h1-3H2;;. The fourth-order valence-electron chi connectivity index (χ4n) is 0. The van der Waals surface area contributed by atoms with Crippen LogP contribution in [0.25, 0.3) is 0 Å². The molecule has 0 unspecified atom stereocenters. The molecular formula is C2H7NPb. The minimum atomic E-state index is 0.894. The van der Waals surface area contributed by atoms with Crippen molar-refractivity contribution in [3.8, 4) is 0 Å². The van der Waals surface area contributed by atoms with Crippen LogP contribution in [0.5, 0.6) is 0 Å². The van der Waals surface area contributed by atoms with E-state index in [-0.39, 0.29) is 0 Å². The summed E-state index contributed by atoms with van der Waals surface area (Å²) >= 11 is 1.11. The van der Waals surface area contributed by atoms with Crippen molar-refractivity contribution in [2.75, 3.05) is 6.54 Å². The van der Waals surface area contributed by atoms with E-state index >= 15 is 0 Å². The quantitative estimate of drug-likeness (QED) is 0.612. The third-order valence-electron chi connectivity index (χ3n) is 0.167. The third-order valence-corrected chi connectivity index (χ3v) is 1.46. The molecule has 0 rings (SSSR count). The van der Waals surface area contributed by atoms with Gasteiger partial charge in [-0.05, 0) is 0 Å². The summed E-state index contributed by atoms with van der Waals surface area (Å²) in [6.07, 6.45) is 0. The molecule has 0 aliphatic carbocycles. The molecule has 0 heterocycles. The number of rotatable bonds is 1. The first-order valence-corrected chi connectivity index (χ1v) is 4.49. The van der Waals surface area contributed by atoms with Crippen LogP contribution < -0.4 is 5.73 Å². The van der Waals surface area contributed by atoms with E-state index in [9.17, 15) is 0 Å². The van der Waals surface area contributed by atoms with Crippen molar-refractivity contribution >= 4 is 25.8 Å². The summed E-state index contributed by atoms with van der Waals surface area (Å²) in [6, 6.07) is 0. The van der Waals surface area contributed by atoms with Gasteiger partial charge < -0.3 is 0 Å². The van der Waals surface area contributed by atoms with Gasteiger partial charge in [0.25, 0.3) is 0 Å². The van der Waals surface area contributed by atoms with E-state index in [2.05, 4.69) is 0 Å². The molecular weight excluding hydrogens is 245 g/mol. The Balaban J connectivity index is 1.97. The Morgan fingerprint density at radius 1 is 1.75 bits per heavy atom. The monoisotopic (exact) mass is 253 g/mol. The first-order chi connectivity index (χ1) is 1.91. The molecule has 0 spiro atoms. The van der Waals surface area contributed by atoms with E-state index < -0.39 is 0 Å². The first kappa shape index (κ1) is 4.88. The molecule has 0 saturated heterocycles. The van der Waals surface area contributed by atoms with Crippen LogP contribution in [-0.2, 0) is 0 Å². The van der Waals surface area contributed by atoms with Crippen molar-refractivity contribution in [3.63, 3.8) is 0 Å². The summed E-state index contributed by atoms with van der Waals surface area (Å²) in [4.78, 5) is 0. The molecule has 0 aromatic carbocycles. The van der Waals surface area contributed by atoms with Gasteiger partial charge in [-0.1, -0.05) is 0 Å². The maximum absolute atomic E-state index is 5.07. The van der Waals surface area contributed by atoms with Crippen LogP contribution in [0.15, 0.2) is 0 Å². The Morgan fingerprint density at radius 3 is 2.00 bits per heavy atom. The Kier molecular flexibility index (Phi) is 4.74. The Bertz CT molecular complexity index is 8.00. The van der Waals surface area contributed by atoms with Crippen molar-refractivity contribution in [3.05, 3.63) is 0 Å². The second-order valence-corrected chi connectivity index (χ2v) is 2.82. The van der Waals surface area contributed by atoms with Crippen molar-refractivity contribution in [1.29, 1.82) is 0 Å². The van der Waals surface area contributed by atoms with E-state index in [0.29, 0.717) is 0 Å². The van der Waals surface area contributed by atoms with Crippen LogP contribution in [0.2, 0.25) is 3.98 Å². The summed E-state index contributed by atoms with van der Waals surface area (Å²) < 4.78 is 1.26. The molecule has 0 aliphatic heterocycles. The van der Waals surface area contributed by atoms with Crippen LogP contribution in [0.3, 0.4) is 0 Å². The van der Waals surface area contributed by atoms with E-state index in [4.69, 9.17) is 5.73 Å². The second kappa shape index (κ2) is 3.88. The van der Waals surface area contributed by atoms with Crippen molar-refractivity contribution < 1.29 is 0 Å². The zero-order chi connectivity index (χ0) is 3.41. The molecule has 2 N–H and O–H groups in total. The summed E-state index contributed by atoms with van der Waals surface area (Å²) in [7, 11) is 0. The molecule has 2 radical (unpaired) electrons. The first-order valence-electron chi connectivity index (χ1n) is 1.32. The van der Waals surface area contributed by atoms with Crippen molar-refractivity contribution in [2.24, 2.45) is 5.73 Å². The molecule has 24 valence electrons. The Hall–Kier alpha value is 0.882. The van der Waals surface area contributed by atoms with Gasteiger partial charge in [-0.15, -0.1) is 0 Å². The van der Waals surface area contributed by atoms with Gasteiger partial charge >= 0.3 is 42.0 Å². The number of nitrogens with two attached hydrogens (primary N) is 1. The third kappa shape index (κ3) is 2.88. The van der Waals surface area contributed by atoms with Crippen LogP contribution in [0, 0.1) is 0 Å². The van der Waals surface area contributed by atoms with Crippen LogP contribution in [0.4, 0.5) is 0 Å². The molecule has 0 aliphatic rings. The van der Waals surface area contributed by atoms with Gasteiger partial charge in [-0.3, -0.25) is 0 Å². The van der Waals surface area contributed by atoms with Gasteiger partial charge in [0.15, 0.2) is 0 Å². The maximum atomic E-state index is 5.07. The molecule has 0 fully saturated rings. The normalized spacial score (nSPS) is 7.50. The average Bonchev–Trinajstić information content (AvgIpc) is 1.37. The minimum absolute atomic E-state index is 0.894. The molecule has 0 aromatic rings. The zero-order valence-corrected chi connectivity index (χ0v) is 7.06.